The summed E-state index contributed by atoms with van der Waals surface area (Å²) in [5, 5.41) is 1.10. The number of fused-ring (bicyclic) bond motifs is 1. The van der Waals surface area contributed by atoms with E-state index in [1.54, 1.807) is 0 Å². The van der Waals surface area contributed by atoms with E-state index in [0.717, 1.165) is 56.8 Å². The molecule has 4 nitrogen and oxygen atoms in total. The Labute approximate surface area is 138 Å². The predicted octanol–water partition coefficient (Wildman–Crippen LogP) is 3.73. The zero-order valence-electron chi connectivity index (χ0n) is 11.6. The molecule has 7 heteroatoms. The average molecular weight is 346 g/mol. The zero-order valence-corrected chi connectivity index (χ0v) is 13.9. The van der Waals surface area contributed by atoms with Crippen LogP contribution in [0.5, 0.6) is 0 Å². The van der Waals surface area contributed by atoms with E-state index in [1.807, 2.05) is 12.1 Å². The molecule has 0 aliphatic carbocycles. The molecule has 1 saturated heterocycles. The van der Waals surface area contributed by atoms with Gasteiger partial charge in [0.15, 0.2) is 4.77 Å². The van der Waals surface area contributed by atoms with Crippen LogP contribution < -0.4 is 0 Å². The number of aromatic amines is 1. The van der Waals surface area contributed by atoms with Crippen LogP contribution >= 0.6 is 35.4 Å². The number of morpholine rings is 1. The van der Waals surface area contributed by atoms with Gasteiger partial charge < -0.3 is 14.3 Å². The third-order valence-electron chi connectivity index (χ3n) is 3.78. The molecule has 1 aromatic heterocycles. The maximum atomic E-state index is 6.11. The second-order valence-corrected chi connectivity index (χ2v) is 6.37. The summed E-state index contributed by atoms with van der Waals surface area (Å²) in [5.74, 6) is 0. The Morgan fingerprint density at radius 1 is 1.14 bits per heavy atom. The fraction of sp³-hybridized carbons (Fsp3) is 0.500. The molecule has 21 heavy (non-hydrogen) atoms. The van der Waals surface area contributed by atoms with Crippen LogP contribution in [0.15, 0.2) is 12.1 Å². The molecule has 1 aromatic carbocycles. The molecule has 1 aliphatic heterocycles. The number of halogens is 2. The summed E-state index contributed by atoms with van der Waals surface area (Å²) in [6.07, 6.45) is 1.04. The van der Waals surface area contributed by atoms with Gasteiger partial charge in [0.2, 0.25) is 0 Å². The maximum absolute atomic E-state index is 6.11. The van der Waals surface area contributed by atoms with Crippen molar-refractivity contribution >= 4 is 46.5 Å². The standard InChI is InChI=1S/C14H17Cl2N3OS/c15-10-8-12-13(9-11(10)16)19(14(21)17-12)3-1-2-18-4-6-20-7-5-18/h8-9H,1-7H2,(H,17,21). The van der Waals surface area contributed by atoms with E-state index in [1.165, 1.54) is 0 Å². The average Bonchev–Trinajstić information content (AvgIpc) is 2.76. The first-order chi connectivity index (χ1) is 10.1. The Balaban J connectivity index is 1.72. The highest BCUT2D eigenvalue weighted by Crippen LogP contribution is 2.27. The lowest BCUT2D eigenvalue weighted by Gasteiger charge is -2.26. The number of H-pyrrole nitrogens is 1. The highest BCUT2D eigenvalue weighted by atomic mass is 35.5. The number of ether oxygens (including phenoxy) is 1. The number of aryl methyl sites for hydroxylation is 1. The van der Waals surface area contributed by atoms with E-state index in [-0.39, 0.29) is 0 Å². The third kappa shape index (κ3) is 3.43. The van der Waals surface area contributed by atoms with Crippen LogP contribution in [-0.2, 0) is 11.3 Å². The van der Waals surface area contributed by atoms with Crippen LogP contribution in [0, 0.1) is 4.77 Å². The Morgan fingerprint density at radius 3 is 2.62 bits per heavy atom. The fourth-order valence-corrected chi connectivity index (χ4v) is 3.27. The summed E-state index contributed by atoms with van der Waals surface area (Å²) in [7, 11) is 0. The summed E-state index contributed by atoms with van der Waals surface area (Å²) in [4.78, 5) is 5.61. The Hall–Kier alpha value is -0.590. The van der Waals surface area contributed by atoms with Gasteiger partial charge in [-0.1, -0.05) is 23.2 Å². The van der Waals surface area contributed by atoms with Crippen molar-refractivity contribution in [3.05, 3.63) is 26.9 Å². The molecule has 1 fully saturated rings. The minimum absolute atomic E-state index is 0.542. The number of aromatic nitrogens is 2. The Morgan fingerprint density at radius 2 is 1.86 bits per heavy atom. The molecular formula is C14H17Cl2N3OS. The molecule has 2 heterocycles. The van der Waals surface area contributed by atoms with Gasteiger partial charge in [-0.2, -0.15) is 0 Å². The first-order valence-electron chi connectivity index (χ1n) is 7.03. The highest BCUT2D eigenvalue weighted by molar-refractivity contribution is 7.71. The summed E-state index contributed by atoms with van der Waals surface area (Å²) >= 11 is 17.5. The van der Waals surface area contributed by atoms with Crippen LogP contribution in [0.2, 0.25) is 10.0 Å². The molecule has 0 radical (unpaired) electrons. The smallest absolute Gasteiger partial charge is 0.178 e. The minimum Gasteiger partial charge on any atom is -0.379 e. The second-order valence-electron chi connectivity index (χ2n) is 5.17. The van der Waals surface area contributed by atoms with Crippen LogP contribution in [-0.4, -0.2) is 47.3 Å². The van der Waals surface area contributed by atoms with Gasteiger partial charge in [0, 0.05) is 26.2 Å². The van der Waals surface area contributed by atoms with Gasteiger partial charge in [0.05, 0.1) is 34.3 Å². The first kappa shape index (κ1) is 15.3. The monoisotopic (exact) mass is 345 g/mol. The van der Waals surface area contributed by atoms with E-state index in [2.05, 4.69) is 14.5 Å². The lowest BCUT2D eigenvalue weighted by molar-refractivity contribution is 0.0369. The summed E-state index contributed by atoms with van der Waals surface area (Å²) < 4.78 is 8.16. The number of nitrogens with one attached hydrogen (secondary N) is 1. The number of hydrogen-bond donors (Lipinski definition) is 1. The molecule has 0 unspecified atom stereocenters. The lowest BCUT2D eigenvalue weighted by atomic mass is 10.3. The van der Waals surface area contributed by atoms with Gasteiger partial charge in [-0.25, -0.2) is 0 Å². The summed E-state index contributed by atoms with van der Waals surface area (Å²) in [6.45, 7) is 5.62. The van der Waals surface area contributed by atoms with Crippen molar-refractivity contribution in [2.24, 2.45) is 0 Å². The predicted molar refractivity (Wildman–Crippen MR) is 89.0 cm³/mol. The van der Waals surface area contributed by atoms with E-state index >= 15 is 0 Å². The van der Waals surface area contributed by atoms with Gasteiger partial charge in [-0.15, -0.1) is 0 Å². The van der Waals surface area contributed by atoms with Gasteiger partial charge in [0.25, 0.3) is 0 Å². The van der Waals surface area contributed by atoms with Crippen LogP contribution in [0.1, 0.15) is 6.42 Å². The molecule has 2 aromatic rings. The minimum atomic E-state index is 0.542. The topological polar surface area (TPSA) is 33.2 Å². The number of rotatable bonds is 4. The van der Waals surface area contributed by atoms with Crippen molar-refractivity contribution in [2.45, 2.75) is 13.0 Å². The van der Waals surface area contributed by atoms with E-state index in [0.29, 0.717) is 14.8 Å². The molecule has 0 spiro atoms. The normalized spacial score (nSPS) is 16.7. The fourth-order valence-electron chi connectivity index (χ4n) is 2.65. The quantitative estimate of drug-likeness (QED) is 0.857. The van der Waals surface area contributed by atoms with Gasteiger partial charge >= 0.3 is 0 Å². The van der Waals surface area contributed by atoms with Crippen molar-refractivity contribution < 1.29 is 4.74 Å². The molecule has 114 valence electrons. The number of hydrogen-bond acceptors (Lipinski definition) is 3. The highest BCUT2D eigenvalue weighted by Gasteiger charge is 2.11. The third-order valence-corrected chi connectivity index (χ3v) is 4.82. The van der Waals surface area contributed by atoms with Gasteiger partial charge in [-0.05, 0) is 30.8 Å². The number of benzene rings is 1. The van der Waals surface area contributed by atoms with Crippen LogP contribution in [0.25, 0.3) is 11.0 Å². The lowest BCUT2D eigenvalue weighted by Crippen LogP contribution is -2.37. The van der Waals surface area contributed by atoms with Gasteiger partial charge in [0.1, 0.15) is 0 Å². The number of imidazole rings is 1. The van der Waals surface area contributed by atoms with E-state index in [4.69, 9.17) is 40.2 Å². The molecule has 1 aliphatic rings. The number of nitrogens with zero attached hydrogens (tertiary/aromatic N) is 2. The molecular weight excluding hydrogens is 329 g/mol. The second kappa shape index (κ2) is 6.67. The van der Waals surface area contributed by atoms with E-state index in [9.17, 15) is 0 Å². The maximum Gasteiger partial charge on any atom is 0.178 e. The summed E-state index contributed by atoms with van der Waals surface area (Å²) in [6, 6.07) is 3.70. The Kier molecular flexibility index (Phi) is 4.86. The van der Waals surface area contributed by atoms with Crippen molar-refractivity contribution in [3.63, 3.8) is 0 Å². The van der Waals surface area contributed by atoms with Crippen LogP contribution in [0.4, 0.5) is 0 Å². The van der Waals surface area contributed by atoms with Crippen molar-refractivity contribution in [1.29, 1.82) is 0 Å². The zero-order chi connectivity index (χ0) is 14.8. The first-order valence-corrected chi connectivity index (χ1v) is 8.19. The molecule has 3 rings (SSSR count). The molecule has 0 atom stereocenters. The van der Waals surface area contributed by atoms with Crippen LogP contribution in [0.3, 0.4) is 0 Å². The Bertz CT molecular complexity index is 691. The van der Waals surface area contributed by atoms with Crippen molar-refractivity contribution in [2.75, 3.05) is 32.8 Å². The molecule has 1 N–H and O–H groups in total. The summed E-state index contributed by atoms with van der Waals surface area (Å²) in [5.41, 5.74) is 1.94. The largest absolute Gasteiger partial charge is 0.379 e. The SMILES string of the molecule is S=c1[nH]c2cc(Cl)c(Cl)cc2n1CCCN1CCOCC1. The molecule has 0 saturated carbocycles. The molecule has 0 amide bonds. The van der Waals surface area contributed by atoms with Crippen molar-refractivity contribution in [1.82, 2.24) is 14.5 Å². The van der Waals surface area contributed by atoms with Gasteiger partial charge in [-0.3, -0.25) is 4.90 Å². The van der Waals surface area contributed by atoms with E-state index < -0.39 is 0 Å². The molecule has 0 bridgehead atoms. The van der Waals surface area contributed by atoms with Crippen molar-refractivity contribution in [3.8, 4) is 0 Å².